The van der Waals surface area contributed by atoms with Crippen molar-refractivity contribution in [1.29, 1.82) is 0 Å². The Balaban J connectivity index is 2.33. The van der Waals surface area contributed by atoms with E-state index in [9.17, 15) is 4.79 Å². The molecule has 2 fully saturated rings. The number of oxime groups is 1. The molecule has 1 saturated carbocycles. The second-order valence-corrected chi connectivity index (χ2v) is 5.95. The zero-order valence-electron chi connectivity index (χ0n) is 11.7. The zero-order valence-corrected chi connectivity index (χ0v) is 11.7. The summed E-state index contributed by atoms with van der Waals surface area (Å²) in [6.45, 7) is 6.04. The summed E-state index contributed by atoms with van der Waals surface area (Å²) in [6, 6.07) is 0. The first-order valence-corrected chi connectivity index (χ1v) is 6.65. The molecule has 1 amide bonds. The van der Waals surface area contributed by atoms with Gasteiger partial charge in [0.1, 0.15) is 7.11 Å². The number of allylic oxidation sites excluding steroid dienone is 1. The van der Waals surface area contributed by atoms with E-state index >= 15 is 0 Å². The molecule has 0 aromatic rings. The van der Waals surface area contributed by atoms with Crippen LogP contribution in [0.2, 0.25) is 0 Å². The number of nitrogens with zero attached hydrogens (tertiary/aromatic N) is 2. The van der Waals surface area contributed by atoms with E-state index in [4.69, 9.17) is 4.84 Å². The van der Waals surface area contributed by atoms with Gasteiger partial charge in [0.25, 0.3) is 5.91 Å². The molecule has 4 heteroatoms. The smallest absolute Gasteiger partial charge is 0.263 e. The van der Waals surface area contributed by atoms with Crippen molar-refractivity contribution < 1.29 is 9.63 Å². The molecular formula is C14H22N2O2. The molecule has 0 spiro atoms. The van der Waals surface area contributed by atoms with Gasteiger partial charge in [0.15, 0.2) is 5.84 Å². The van der Waals surface area contributed by atoms with Gasteiger partial charge in [-0.3, -0.25) is 9.69 Å². The monoisotopic (exact) mass is 250 g/mol. The molecule has 0 aromatic heterocycles. The Morgan fingerprint density at radius 3 is 2.28 bits per heavy atom. The second kappa shape index (κ2) is 4.75. The van der Waals surface area contributed by atoms with Crippen molar-refractivity contribution in [2.75, 3.05) is 7.11 Å². The zero-order chi connectivity index (χ0) is 13.3. The lowest BCUT2D eigenvalue weighted by Gasteiger charge is -2.44. The van der Waals surface area contributed by atoms with Gasteiger partial charge in [-0.1, -0.05) is 17.1 Å². The van der Waals surface area contributed by atoms with Crippen molar-refractivity contribution in [3.8, 4) is 0 Å². The molecule has 0 aromatic carbocycles. The standard InChI is InChI=1S/C14H22N2O2/c1-14(2,3)16-12(15-18-4)11(13(16)17)10-8-6-5-7-9-10/h5-9H2,1-4H3/b15-12+. The van der Waals surface area contributed by atoms with Crippen LogP contribution >= 0.6 is 0 Å². The Bertz CT molecular complexity index is 408. The maximum Gasteiger partial charge on any atom is 0.263 e. The van der Waals surface area contributed by atoms with Gasteiger partial charge in [-0.25, -0.2) is 0 Å². The topological polar surface area (TPSA) is 41.9 Å². The molecule has 0 N–H and O–H groups in total. The second-order valence-electron chi connectivity index (χ2n) is 5.95. The summed E-state index contributed by atoms with van der Waals surface area (Å²) in [4.78, 5) is 19.0. The van der Waals surface area contributed by atoms with Gasteiger partial charge >= 0.3 is 0 Å². The van der Waals surface area contributed by atoms with E-state index in [-0.39, 0.29) is 11.4 Å². The van der Waals surface area contributed by atoms with Crippen LogP contribution in [0.15, 0.2) is 16.3 Å². The number of amides is 1. The molecule has 1 aliphatic heterocycles. The number of carbonyl (C=O) groups excluding carboxylic acids is 1. The predicted molar refractivity (Wildman–Crippen MR) is 71.2 cm³/mol. The molecule has 0 unspecified atom stereocenters. The highest BCUT2D eigenvalue weighted by molar-refractivity contribution is 6.36. The van der Waals surface area contributed by atoms with Crippen molar-refractivity contribution in [2.45, 2.75) is 58.4 Å². The summed E-state index contributed by atoms with van der Waals surface area (Å²) in [5, 5.41) is 4.05. The number of hydrogen-bond donors (Lipinski definition) is 0. The average molecular weight is 250 g/mol. The van der Waals surface area contributed by atoms with Crippen LogP contribution in [0.5, 0.6) is 0 Å². The van der Waals surface area contributed by atoms with E-state index in [0.717, 1.165) is 18.4 Å². The van der Waals surface area contributed by atoms with E-state index in [1.165, 1.54) is 31.9 Å². The Morgan fingerprint density at radius 1 is 1.17 bits per heavy atom. The van der Waals surface area contributed by atoms with Crippen LogP contribution in [0.25, 0.3) is 0 Å². The van der Waals surface area contributed by atoms with Crippen molar-refractivity contribution >= 4 is 11.7 Å². The van der Waals surface area contributed by atoms with E-state index in [1.807, 2.05) is 20.8 Å². The Kier molecular flexibility index (Phi) is 3.46. The van der Waals surface area contributed by atoms with Crippen molar-refractivity contribution in [2.24, 2.45) is 5.16 Å². The fourth-order valence-electron chi connectivity index (χ4n) is 2.70. The Morgan fingerprint density at radius 2 is 1.78 bits per heavy atom. The van der Waals surface area contributed by atoms with Crippen LogP contribution in [0.3, 0.4) is 0 Å². The molecular weight excluding hydrogens is 228 g/mol. The molecule has 0 atom stereocenters. The summed E-state index contributed by atoms with van der Waals surface area (Å²) >= 11 is 0. The van der Waals surface area contributed by atoms with Gasteiger partial charge in [-0.2, -0.15) is 0 Å². The van der Waals surface area contributed by atoms with Crippen LogP contribution in [0.4, 0.5) is 0 Å². The molecule has 2 rings (SSSR count). The number of hydrogen-bond acceptors (Lipinski definition) is 3. The minimum atomic E-state index is -0.243. The summed E-state index contributed by atoms with van der Waals surface area (Å²) in [5.74, 6) is 0.821. The van der Waals surface area contributed by atoms with Crippen LogP contribution in [0, 0.1) is 0 Å². The minimum Gasteiger partial charge on any atom is -0.397 e. The lowest BCUT2D eigenvalue weighted by atomic mass is 9.84. The normalized spacial score (nSPS) is 23.4. The van der Waals surface area contributed by atoms with E-state index in [0.29, 0.717) is 5.84 Å². The first-order chi connectivity index (χ1) is 8.46. The first kappa shape index (κ1) is 13.1. The fourth-order valence-corrected chi connectivity index (χ4v) is 2.70. The molecule has 1 aliphatic carbocycles. The maximum absolute atomic E-state index is 12.3. The van der Waals surface area contributed by atoms with Gasteiger partial charge in [0, 0.05) is 5.54 Å². The van der Waals surface area contributed by atoms with Crippen LogP contribution in [-0.2, 0) is 9.63 Å². The van der Waals surface area contributed by atoms with Gasteiger partial charge in [-0.05, 0) is 46.5 Å². The highest BCUT2D eigenvalue weighted by Crippen LogP contribution is 2.36. The number of likely N-dealkylation sites (tertiary alicyclic amines) is 1. The quantitative estimate of drug-likeness (QED) is 0.408. The minimum absolute atomic E-state index is 0.107. The highest BCUT2D eigenvalue weighted by atomic mass is 16.6. The van der Waals surface area contributed by atoms with Crippen LogP contribution < -0.4 is 0 Å². The average Bonchev–Trinajstić information content (AvgIpc) is 2.28. The number of β-lactam (4-membered cyclic amide) rings is 1. The Labute approximate surface area is 109 Å². The van der Waals surface area contributed by atoms with E-state index in [2.05, 4.69) is 5.16 Å². The predicted octanol–water partition coefficient (Wildman–Crippen LogP) is 2.85. The third-order valence-corrected chi connectivity index (χ3v) is 3.51. The lowest BCUT2D eigenvalue weighted by molar-refractivity contribution is -0.129. The third kappa shape index (κ3) is 2.16. The number of rotatable bonds is 1. The molecule has 100 valence electrons. The summed E-state index contributed by atoms with van der Waals surface area (Å²) in [6.07, 6.45) is 5.69. The highest BCUT2D eigenvalue weighted by Gasteiger charge is 2.47. The summed E-state index contributed by atoms with van der Waals surface area (Å²) in [7, 11) is 1.53. The molecule has 1 saturated heterocycles. The first-order valence-electron chi connectivity index (χ1n) is 6.65. The van der Waals surface area contributed by atoms with Gasteiger partial charge < -0.3 is 4.84 Å². The van der Waals surface area contributed by atoms with Crippen LogP contribution in [0.1, 0.15) is 52.9 Å². The molecule has 2 aliphatic rings. The summed E-state index contributed by atoms with van der Waals surface area (Å²) in [5.41, 5.74) is 1.83. The third-order valence-electron chi connectivity index (χ3n) is 3.51. The largest absolute Gasteiger partial charge is 0.397 e. The number of carbonyl (C=O) groups is 1. The molecule has 0 bridgehead atoms. The number of amidine groups is 1. The molecule has 1 heterocycles. The fraction of sp³-hybridized carbons (Fsp3) is 0.714. The summed E-state index contributed by atoms with van der Waals surface area (Å²) < 4.78 is 0. The lowest BCUT2D eigenvalue weighted by Crippen LogP contribution is -2.60. The van der Waals surface area contributed by atoms with Gasteiger partial charge in [0.2, 0.25) is 0 Å². The molecule has 18 heavy (non-hydrogen) atoms. The SMILES string of the molecule is CO/N=C1\C(=C2CCCCC2)C(=O)N1C(C)(C)C. The van der Waals surface area contributed by atoms with Crippen molar-refractivity contribution in [3.05, 3.63) is 11.1 Å². The van der Waals surface area contributed by atoms with Crippen LogP contribution in [-0.4, -0.2) is 29.3 Å². The van der Waals surface area contributed by atoms with Gasteiger partial charge in [-0.15, -0.1) is 0 Å². The molecule has 4 nitrogen and oxygen atoms in total. The van der Waals surface area contributed by atoms with Crippen molar-refractivity contribution in [3.63, 3.8) is 0 Å². The van der Waals surface area contributed by atoms with E-state index in [1.54, 1.807) is 4.90 Å². The van der Waals surface area contributed by atoms with Crippen molar-refractivity contribution in [1.82, 2.24) is 4.90 Å². The van der Waals surface area contributed by atoms with E-state index < -0.39 is 0 Å². The molecule has 0 radical (unpaired) electrons. The maximum atomic E-state index is 12.3. The Hall–Kier alpha value is -1.32. The van der Waals surface area contributed by atoms with Gasteiger partial charge in [0.05, 0.1) is 5.57 Å².